The SMILES string of the molecule is COC(=O)CC[C@@H](C)[C@H]1CC[C@H]2C3=CCC4CC(OC(C)=O)CC[C@]4(C)C3=CC[C@]12C. The molecule has 2 unspecified atom stereocenters. The third-order valence-corrected chi connectivity index (χ3v) is 9.56. The normalized spacial score (nSPS) is 39.9. The van der Waals surface area contributed by atoms with Crippen LogP contribution in [-0.4, -0.2) is 25.2 Å². The van der Waals surface area contributed by atoms with Gasteiger partial charge in [-0.05, 0) is 97.0 Å². The Bertz CT molecular complexity index is 795. The summed E-state index contributed by atoms with van der Waals surface area (Å²) in [5, 5.41) is 0. The monoisotopic (exact) mass is 428 g/mol. The molecule has 4 heteroatoms. The van der Waals surface area contributed by atoms with E-state index in [9.17, 15) is 9.59 Å². The van der Waals surface area contributed by atoms with E-state index in [0.717, 1.165) is 38.5 Å². The zero-order valence-corrected chi connectivity index (χ0v) is 20.0. The van der Waals surface area contributed by atoms with Gasteiger partial charge in [-0.2, -0.15) is 0 Å². The van der Waals surface area contributed by atoms with Crippen molar-refractivity contribution in [3.8, 4) is 0 Å². The molecule has 0 amide bonds. The molecule has 172 valence electrons. The Labute approximate surface area is 187 Å². The lowest BCUT2D eigenvalue weighted by Crippen LogP contribution is -2.45. The van der Waals surface area contributed by atoms with Crippen molar-refractivity contribution in [3.63, 3.8) is 0 Å². The molecule has 0 saturated heterocycles. The van der Waals surface area contributed by atoms with Crippen LogP contribution in [0, 0.1) is 34.5 Å². The summed E-state index contributed by atoms with van der Waals surface area (Å²) < 4.78 is 10.5. The van der Waals surface area contributed by atoms with Crippen molar-refractivity contribution in [2.24, 2.45) is 34.5 Å². The van der Waals surface area contributed by atoms with Gasteiger partial charge in [0.2, 0.25) is 0 Å². The number of carbonyl (C=O) groups is 2. The largest absolute Gasteiger partial charge is 0.469 e. The standard InChI is InChI=1S/C27H40O4/c1-17(6-11-25(29)30-5)22-9-10-23-21-8-7-19-16-20(31-18(2)28)12-14-26(19,3)24(21)13-15-27(22,23)4/h8,13,17,19-20,22-23H,6-7,9-12,14-16H2,1-5H3/t17-,19?,20?,22-,23+,26+,27-/m1/s1. The number of hydrogen-bond donors (Lipinski definition) is 0. The number of ether oxygens (including phenoxy) is 2. The van der Waals surface area contributed by atoms with Crippen molar-refractivity contribution in [3.05, 3.63) is 23.3 Å². The molecule has 7 atom stereocenters. The van der Waals surface area contributed by atoms with E-state index in [0.29, 0.717) is 35.5 Å². The quantitative estimate of drug-likeness (QED) is 0.504. The molecule has 2 fully saturated rings. The minimum atomic E-state index is -0.147. The number of rotatable bonds is 5. The molecule has 0 aromatic heterocycles. The van der Waals surface area contributed by atoms with Gasteiger partial charge < -0.3 is 9.47 Å². The van der Waals surface area contributed by atoms with Crippen LogP contribution in [0.2, 0.25) is 0 Å². The molecule has 4 nitrogen and oxygen atoms in total. The Morgan fingerprint density at radius 3 is 2.68 bits per heavy atom. The number of fused-ring (bicyclic) bond motifs is 5. The van der Waals surface area contributed by atoms with E-state index in [1.165, 1.54) is 26.9 Å². The topological polar surface area (TPSA) is 52.6 Å². The maximum absolute atomic E-state index is 11.7. The van der Waals surface area contributed by atoms with E-state index >= 15 is 0 Å². The molecule has 4 aliphatic carbocycles. The predicted molar refractivity (Wildman–Crippen MR) is 121 cm³/mol. The number of allylic oxidation sites excluding steroid dienone is 4. The van der Waals surface area contributed by atoms with Crippen LogP contribution in [0.15, 0.2) is 23.3 Å². The maximum atomic E-state index is 11.7. The van der Waals surface area contributed by atoms with Crippen LogP contribution in [0.5, 0.6) is 0 Å². The van der Waals surface area contributed by atoms with Crippen molar-refractivity contribution in [2.45, 2.75) is 91.6 Å². The van der Waals surface area contributed by atoms with Crippen LogP contribution in [0.1, 0.15) is 85.5 Å². The maximum Gasteiger partial charge on any atom is 0.305 e. The third kappa shape index (κ3) is 3.89. The second-order valence-corrected chi connectivity index (χ2v) is 11.2. The highest BCUT2D eigenvalue weighted by Gasteiger charge is 2.55. The Hall–Kier alpha value is -1.58. The minimum absolute atomic E-state index is 0.0873. The van der Waals surface area contributed by atoms with Gasteiger partial charge in [0.05, 0.1) is 7.11 Å². The molecule has 0 aromatic carbocycles. The average Bonchev–Trinajstić information content (AvgIpc) is 3.09. The van der Waals surface area contributed by atoms with E-state index in [4.69, 9.17) is 9.47 Å². The van der Waals surface area contributed by atoms with Crippen LogP contribution in [0.25, 0.3) is 0 Å². The zero-order chi connectivity index (χ0) is 22.4. The molecule has 0 bridgehead atoms. The molecular weight excluding hydrogens is 388 g/mol. The van der Waals surface area contributed by atoms with Gasteiger partial charge in [-0.25, -0.2) is 0 Å². The molecule has 0 aromatic rings. The van der Waals surface area contributed by atoms with Crippen molar-refractivity contribution >= 4 is 11.9 Å². The Kier molecular flexibility index (Phi) is 6.13. The van der Waals surface area contributed by atoms with Crippen molar-refractivity contribution in [1.82, 2.24) is 0 Å². The molecule has 4 aliphatic rings. The van der Waals surface area contributed by atoms with E-state index in [-0.39, 0.29) is 23.5 Å². The van der Waals surface area contributed by atoms with E-state index in [1.807, 2.05) is 0 Å². The fourth-order valence-corrected chi connectivity index (χ4v) is 7.78. The summed E-state index contributed by atoms with van der Waals surface area (Å²) in [7, 11) is 1.48. The van der Waals surface area contributed by atoms with E-state index in [1.54, 1.807) is 11.1 Å². The molecule has 0 N–H and O–H groups in total. The third-order valence-electron chi connectivity index (χ3n) is 9.56. The van der Waals surface area contributed by atoms with Gasteiger partial charge in [-0.15, -0.1) is 0 Å². The molecule has 0 spiro atoms. The summed E-state index contributed by atoms with van der Waals surface area (Å²) >= 11 is 0. The molecule has 31 heavy (non-hydrogen) atoms. The van der Waals surface area contributed by atoms with Crippen LogP contribution in [-0.2, 0) is 19.1 Å². The van der Waals surface area contributed by atoms with Crippen LogP contribution in [0.4, 0.5) is 0 Å². The Morgan fingerprint density at radius 1 is 1.19 bits per heavy atom. The number of hydrogen-bond acceptors (Lipinski definition) is 4. The Morgan fingerprint density at radius 2 is 1.97 bits per heavy atom. The number of esters is 2. The van der Waals surface area contributed by atoms with Gasteiger partial charge in [-0.3, -0.25) is 9.59 Å². The fraction of sp³-hybridized carbons (Fsp3) is 0.778. The minimum Gasteiger partial charge on any atom is -0.469 e. The van der Waals surface area contributed by atoms with Gasteiger partial charge in [0, 0.05) is 13.3 Å². The predicted octanol–water partition coefficient (Wildman–Crippen LogP) is 6.01. The molecule has 2 saturated carbocycles. The van der Waals surface area contributed by atoms with Gasteiger partial charge in [0.1, 0.15) is 6.10 Å². The number of carbonyl (C=O) groups excluding carboxylic acids is 2. The lowest BCUT2D eigenvalue weighted by molar-refractivity contribution is -0.150. The average molecular weight is 429 g/mol. The second kappa shape index (κ2) is 8.41. The molecular formula is C27H40O4. The highest BCUT2D eigenvalue weighted by Crippen LogP contribution is 2.65. The lowest BCUT2D eigenvalue weighted by Gasteiger charge is -2.53. The van der Waals surface area contributed by atoms with Crippen molar-refractivity contribution < 1.29 is 19.1 Å². The first kappa shape index (κ1) is 22.6. The summed E-state index contributed by atoms with van der Waals surface area (Å²) in [4.78, 5) is 23.1. The fourth-order valence-electron chi connectivity index (χ4n) is 7.78. The van der Waals surface area contributed by atoms with E-state index in [2.05, 4.69) is 32.9 Å². The smallest absolute Gasteiger partial charge is 0.305 e. The summed E-state index contributed by atoms with van der Waals surface area (Å²) in [6.45, 7) is 8.84. The molecule has 4 rings (SSSR count). The van der Waals surface area contributed by atoms with Gasteiger partial charge in [0.15, 0.2) is 0 Å². The summed E-state index contributed by atoms with van der Waals surface area (Å²) in [5.41, 5.74) is 3.75. The summed E-state index contributed by atoms with van der Waals surface area (Å²) in [5.74, 6) is 2.17. The van der Waals surface area contributed by atoms with Gasteiger partial charge in [-0.1, -0.05) is 32.9 Å². The highest BCUT2D eigenvalue weighted by molar-refractivity contribution is 5.69. The van der Waals surface area contributed by atoms with Crippen LogP contribution in [0.3, 0.4) is 0 Å². The first-order valence-corrected chi connectivity index (χ1v) is 12.3. The highest BCUT2D eigenvalue weighted by atomic mass is 16.5. The van der Waals surface area contributed by atoms with Crippen LogP contribution < -0.4 is 0 Å². The van der Waals surface area contributed by atoms with Gasteiger partial charge in [0.25, 0.3) is 0 Å². The summed E-state index contributed by atoms with van der Waals surface area (Å²) in [6.07, 6.45) is 14.5. The molecule has 0 heterocycles. The zero-order valence-electron chi connectivity index (χ0n) is 20.0. The first-order chi connectivity index (χ1) is 14.7. The van der Waals surface area contributed by atoms with Gasteiger partial charge >= 0.3 is 11.9 Å². The Balaban J connectivity index is 1.52. The molecule has 0 aliphatic heterocycles. The number of methoxy groups -OCH3 is 1. The van der Waals surface area contributed by atoms with E-state index < -0.39 is 0 Å². The second-order valence-electron chi connectivity index (χ2n) is 11.2. The summed E-state index contributed by atoms with van der Waals surface area (Å²) in [6, 6.07) is 0. The first-order valence-electron chi connectivity index (χ1n) is 12.3. The molecule has 0 radical (unpaired) electrons. The van der Waals surface area contributed by atoms with Crippen molar-refractivity contribution in [2.75, 3.05) is 7.11 Å². The van der Waals surface area contributed by atoms with Crippen LogP contribution >= 0.6 is 0 Å². The van der Waals surface area contributed by atoms with Crippen molar-refractivity contribution in [1.29, 1.82) is 0 Å². The lowest BCUT2D eigenvalue weighted by atomic mass is 9.51.